The third-order valence-corrected chi connectivity index (χ3v) is 14.1. The molecule has 0 aromatic heterocycles. The quantitative estimate of drug-likeness (QED) is 0.136. The van der Waals surface area contributed by atoms with E-state index < -0.39 is 24.9 Å². The monoisotopic (exact) mass is 593 g/mol. The van der Waals surface area contributed by atoms with Gasteiger partial charge in [0.15, 0.2) is 0 Å². The van der Waals surface area contributed by atoms with Crippen molar-refractivity contribution >= 4 is 8.80 Å². The van der Waals surface area contributed by atoms with Crippen LogP contribution in [0.25, 0.3) is 0 Å². The van der Waals surface area contributed by atoms with E-state index in [1.165, 1.54) is 63.4 Å². The van der Waals surface area contributed by atoms with Crippen molar-refractivity contribution in [1.82, 2.24) is 0 Å². The summed E-state index contributed by atoms with van der Waals surface area (Å²) in [6, 6.07) is 0. The number of unbranched alkanes of at least 4 members (excludes halogenated alkanes) is 8. The maximum atomic E-state index is 5.95. The van der Waals surface area contributed by atoms with Gasteiger partial charge in [0.05, 0.1) is 0 Å². The molecule has 0 spiro atoms. The summed E-state index contributed by atoms with van der Waals surface area (Å²) in [5, 5.41) is 7.46. The van der Waals surface area contributed by atoms with E-state index in [1.807, 2.05) is 0 Å². The molecule has 28 heavy (non-hydrogen) atoms. The summed E-state index contributed by atoms with van der Waals surface area (Å²) in [6.07, 6.45) is 19.1. The van der Waals surface area contributed by atoms with Crippen LogP contribution in [0.1, 0.15) is 77.6 Å². The van der Waals surface area contributed by atoms with Crippen LogP contribution >= 0.6 is 0 Å². The molecule has 0 heterocycles. The van der Waals surface area contributed by atoms with E-state index in [0.29, 0.717) is 0 Å². The van der Waals surface area contributed by atoms with Gasteiger partial charge in [0.2, 0.25) is 0 Å². The van der Waals surface area contributed by atoms with Crippen molar-refractivity contribution in [3.8, 4) is 0 Å². The summed E-state index contributed by atoms with van der Waals surface area (Å²) < 4.78 is 19.5. The zero-order chi connectivity index (χ0) is 21.0. The number of allylic oxidation sites excluding steroid dienone is 4. The molecule has 1 aliphatic rings. The normalized spacial score (nSPS) is 16.8. The van der Waals surface area contributed by atoms with Crippen LogP contribution in [-0.2, 0) is 29.3 Å². The molecule has 1 unspecified atom stereocenters. The molecule has 5 heteroatoms. The Kier molecular flexibility index (Phi) is 12.7. The number of hydrogen-bond donors (Lipinski definition) is 0. The van der Waals surface area contributed by atoms with Gasteiger partial charge in [-0.05, 0) is 0 Å². The zero-order valence-corrected chi connectivity index (χ0v) is 22.8. The Morgan fingerprint density at radius 1 is 0.857 bits per heavy atom. The fourth-order valence-corrected chi connectivity index (χ4v) is 11.2. The summed E-state index contributed by atoms with van der Waals surface area (Å²) in [4.78, 5) is 0. The van der Waals surface area contributed by atoms with Crippen LogP contribution in [0.4, 0.5) is 0 Å². The zero-order valence-electron chi connectivity index (χ0n) is 19.6. The van der Waals surface area contributed by atoms with Crippen LogP contribution in [0.2, 0.25) is 21.5 Å². The first-order valence-corrected chi connectivity index (χ1v) is 20.5. The second-order valence-corrected chi connectivity index (χ2v) is 23.0. The van der Waals surface area contributed by atoms with Gasteiger partial charge in [-0.15, -0.1) is 0 Å². The molecule has 0 saturated carbocycles. The first-order valence-electron chi connectivity index (χ1n) is 10.8. The predicted molar refractivity (Wildman–Crippen MR) is 121 cm³/mol. The Bertz CT molecular complexity index is 484. The molecule has 0 fully saturated rings. The predicted octanol–water partition coefficient (Wildman–Crippen LogP) is 7.67. The van der Waals surface area contributed by atoms with E-state index in [9.17, 15) is 0 Å². The molecule has 1 rings (SSSR count). The maximum absolute atomic E-state index is 5.95. The third kappa shape index (κ3) is 7.83. The molecule has 0 bridgehead atoms. The molecule has 0 aliphatic heterocycles. The third-order valence-electron chi connectivity index (χ3n) is 5.70. The van der Waals surface area contributed by atoms with Crippen molar-refractivity contribution in [2.75, 3.05) is 21.3 Å². The van der Waals surface area contributed by atoms with Crippen molar-refractivity contribution in [2.24, 2.45) is 0 Å². The Morgan fingerprint density at radius 3 is 1.82 bits per heavy atom. The van der Waals surface area contributed by atoms with Gasteiger partial charge in [0.25, 0.3) is 0 Å². The molecule has 1 aliphatic carbocycles. The van der Waals surface area contributed by atoms with Gasteiger partial charge in [-0.1, -0.05) is 13.3 Å². The van der Waals surface area contributed by atoms with Gasteiger partial charge >= 0.3 is 167 Å². The standard InChI is InChI=1S/C20H37O3Si.3CH3.Pt/c1-5-6-7-8-9-10-11-12-13-18-20(19-16-14-15-17-19)24(21-2,22-3)23-4;;;;/h14,16,20H,5-13,15,18H2,1-4H3;3*1H3;. The fourth-order valence-electron chi connectivity index (χ4n) is 4.11. The minimum atomic E-state index is -2.70. The summed E-state index contributed by atoms with van der Waals surface area (Å²) >= 11 is -1.83. The van der Waals surface area contributed by atoms with Gasteiger partial charge in [-0.2, -0.15) is 0 Å². The second kappa shape index (κ2) is 13.5. The molecule has 0 aromatic rings. The van der Waals surface area contributed by atoms with Crippen molar-refractivity contribution in [2.45, 2.75) is 99.0 Å². The summed E-state index contributed by atoms with van der Waals surface area (Å²) in [5.74, 6) is 0. The summed E-state index contributed by atoms with van der Waals surface area (Å²) in [6.45, 7) is 2.28. The molecular formula is C23H46O3PtSi. The van der Waals surface area contributed by atoms with Crippen LogP contribution in [-0.4, -0.2) is 30.1 Å². The average Bonchev–Trinajstić information content (AvgIpc) is 3.16. The Labute approximate surface area is 179 Å². The van der Waals surface area contributed by atoms with E-state index in [-0.39, 0.29) is 5.54 Å². The molecule has 0 saturated heterocycles. The van der Waals surface area contributed by atoms with Gasteiger partial charge in [-0.3, -0.25) is 0 Å². The van der Waals surface area contributed by atoms with E-state index in [2.05, 4.69) is 35.0 Å². The van der Waals surface area contributed by atoms with Crippen LogP contribution in [0, 0.1) is 0 Å². The molecule has 0 N–H and O–H groups in total. The average molecular weight is 594 g/mol. The summed E-state index contributed by atoms with van der Waals surface area (Å²) in [5.41, 5.74) is 1.76. The summed E-state index contributed by atoms with van der Waals surface area (Å²) in [7, 11) is 2.59. The Balaban J connectivity index is 2.73. The van der Waals surface area contributed by atoms with Crippen LogP contribution in [0.15, 0.2) is 21.7 Å². The first-order chi connectivity index (χ1) is 13.4. The molecule has 170 valence electrons. The fraction of sp³-hybridized carbons (Fsp3) is 0.826. The molecule has 0 aromatic carbocycles. The number of hydrogen-bond acceptors (Lipinski definition) is 3. The van der Waals surface area contributed by atoms with E-state index in [1.54, 1.807) is 25.3 Å². The van der Waals surface area contributed by atoms with Crippen molar-refractivity contribution in [3.05, 3.63) is 21.7 Å². The molecule has 1 atom stereocenters. The van der Waals surface area contributed by atoms with Crippen molar-refractivity contribution in [3.63, 3.8) is 0 Å². The van der Waals surface area contributed by atoms with Gasteiger partial charge < -0.3 is 0 Å². The van der Waals surface area contributed by atoms with Gasteiger partial charge in [-0.25, -0.2) is 0 Å². The molecule has 0 radical (unpaired) electrons. The van der Waals surface area contributed by atoms with Crippen LogP contribution in [0.5, 0.6) is 0 Å². The van der Waals surface area contributed by atoms with Crippen molar-refractivity contribution in [1.29, 1.82) is 0 Å². The first kappa shape index (κ1) is 26.3. The topological polar surface area (TPSA) is 27.7 Å². The van der Waals surface area contributed by atoms with E-state index in [4.69, 9.17) is 13.3 Å². The van der Waals surface area contributed by atoms with Gasteiger partial charge in [0, 0.05) is 0 Å². The van der Waals surface area contributed by atoms with E-state index >= 15 is 0 Å². The van der Waals surface area contributed by atoms with Crippen molar-refractivity contribution < 1.29 is 29.3 Å². The van der Waals surface area contributed by atoms with Crippen LogP contribution < -0.4 is 0 Å². The Hall–Kier alpha value is 0.265. The molecule has 3 nitrogen and oxygen atoms in total. The van der Waals surface area contributed by atoms with Crippen LogP contribution in [0.3, 0.4) is 0 Å². The minimum absolute atomic E-state index is 0.272. The Morgan fingerprint density at radius 2 is 1.36 bits per heavy atom. The molecular weight excluding hydrogens is 547 g/mol. The second-order valence-electron chi connectivity index (χ2n) is 8.24. The van der Waals surface area contributed by atoms with E-state index in [0.717, 1.165) is 12.8 Å². The number of rotatable bonds is 16. The van der Waals surface area contributed by atoms with Gasteiger partial charge in [0.1, 0.15) is 0 Å². The molecule has 0 amide bonds. The SMILES string of the molecule is CCCCCCCCCCCC(C1=[C]([Pt]([CH3])([CH3])[CH3])CC=C1)[Si](OC)(OC)OC.